The topological polar surface area (TPSA) is 35.5 Å². The van der Waals surface area contributed by atoms with Crippen LogP contribution in [0, 0.1) is 20.8 Å². The molecule has 0 aromatic heterocycles. The third-order valence-electron chi connectivity index (χ3n) is 4.59. The number of carbonyl (C=O) groups is 1. The van der Waals surface area contributed by atoms with Crippen molar-refractivity contribution in [2.45, 2.75) is 66.4 Å². The van der Waals surface area contributed by atoms with Crippen molar-refractivity contribution in [3.63, 3.8) is 0 Å². The fraction of sp³-hybridized carbons (Fsp3) is 0.526. The second kappa shape index (κ2) is 6.15. The molecule has 3 nitrogen and oxygen atoms in total. The van der Waals surface area contributed by atoms with Crippen molar-refractivity contribution in [3.8, 4) is 11.5 Å². The summed E-state index contributed by atoms with van der Waals surface area (Å²) in [5.41, 5.74) is 4.11. The molecule has 0 aliphatic carbocycles. The van der Waals surface area contributed by atoms with Crippen LogP contribution in [0.4, 0.5) is 0 Å². The minimum Gasteiger partial charge on any atom is -0.487 e. The molecule has 0 saturated carbocycles. The van der Waals surface area contributed by atoms with E-state index in [0.29, 0.717) is 5.75 Å². The number of fused-ring (bicyclic) bond motifs is 1. The molecule has 1 aromatic carbocycles. The van der Waals surface area contributed by atoms with Gasteiger partial charge in [0.05, 0.1) is 0 Å². The van der Waals surface area contributed by atoms with Gasteiger partial charge in [0.25, 0.3) is 0 Å². The van der Waals surface area contributed by atoms with Gasteiger partial charge in [0.2, 0.25) is 0 Å². The molecule has 0 saturated heterocycles. The first-order chi connectivity index (χ1) is 10.3. The van der Waals surface area contributed by atoms with E-state index in [1.807, 2.05) is 27.7 Å². The summed E-state index contributed by atoms with van der Waals surface area (Å²) in [5.74, 6) is 1.40. The van der Waals surface area contributed by atoms with Crippen molar-refractivity contribution in [3.05, 3.63) is 34.4 Å². The van der Waals surface area contributed by atoms with Gasteiger partial charge in [-0.25, -0.2) is 0 Å². The number of esters is 1. The summed E-state index contributed by atoms with van der Waals surface area (Å²) < 4.78 is 11.8. The largest absolute Gasteiger partial charge is 0.487 e. The van der Waals surface area contributed by atoms with Crippen LogP contribution in [-0.4, -0.2) is 11.6 Å². The molecule has 1 heterocycles. The molecular formula is C19H26O3. The van der Waals surface area contributed by atoms with Crippen molar-refractivity contribution >= 4 is 5.97 Å². The molecule has 0 unspecified atom stereocenters. The van der Waals surface area contributed by atoms with E-state index in [1.165, 1.54) is 12.5 Å². The zero-order valence-electron chi connectivity index (χ0n) is 14.5. The Morgan fingerprint density at radius 3 is 2.55 bits per heavy atom. The average molecular weight is 302 g/mol. The fourth-order valence-corrected chi connectivity index (χ4v) is 3.09. The van der Waals surface area contributed by atoms with E-state index in [0.717, 1.165) is 41.7 Å². The lowest BCUT2D eigenvalue weighted by molar-refractivity contribution is -0.132. The Labute approximate surface area is 133 Å². The molecule has 0 spiro atoms. The van der Waals surface area contributed by atoms with E-state index in [9.17, 15) is 4.79 Å². The van der Waals surface area contributed by atoms with Crippen molar-refractivity contribution < 1.29 is 14.3 Å². The third-order valence-corrected chi connectivity index (χ3v) is 4.59. The molecule has 1 atom stereocenters. The molecule has 2 rings (SSSR count). The maximum Gasteiger partial charge on any atom is 0.308 e. The maximum atomic E-state index is 11.4. The Kier molecular flexibility index (Phi) is 4.64. The molecule has 22 heavy (non-hydrogen) atoms. The molecule has 1 aliphatic heterocycles. The fourth-order valence-electron chi connectivity index (χ4n) is 3.09. The monoisotopic (exact) mass is 302 g/mol. The van der Waals surface area contributed by atoms with Crippen molar-refractivity contribution in [2.75, 3.05) is 0 Å². The lowest BCUT2D eigenvalue weighted by atomic mass is 9.85. The third kappa shape index (κ3) is 3.03. The Balaban J connectivity index is 2.48. The normalized spacial score (nSPS) is 20.6. The highest BCUT2D eigenvalue weighted by Crippen LogP contribution is 2.44. The SMILES string of the molecule is CC=CC[C@]1(C)CCc2c(C)c(OC(C)=O)c(C)c(C)c2O1. The van der Waals surface area contributed by atoms with Crippen LogP contribution < -0.4 is 9.47 Å². The van der Waals surface area contributed by atoms with Gasteiger partial charge in [-0.2, -0.15) is 0 Å². The standard InChI is InChI=1S/C19H26O3/c1-7-8-10-19(6)11-9-16-14(4)17(21-15(5)20)12(2)13(3)18(16)22-19/h7-8H,9-11H2,1-6H3/t19-/m1/s1. The molecule has 120 valence electrons. The molecular weight excluding hydrogens is 276 g/mol. The van der Waals surface area contributed by atoms with E-state index < -0.39 is 0 Å². The summed E-state index contributed by atoms with van der Waals surface area (Å²) in [5, 5.41) is 0. The van der Waals surface area contributed by atoms with Gasteiger partial charge in [0.1, 0.15) is 17.1 Å². The van der Waals surface area contributed by atoms with Crippen LogP contribution in [-0.2, 0) is 11.2 Å². The van der Waals surface area contributed by atoms with Gasteiger partial charge in [-0.1, -0.05) is 12.2 Å². The van der Waals surface area contributed by atoms with Crippen LogP contribution in [0.1, 0.15) is 55.9 Å². The predicted molar refractivity (Wildman–Crippen MR) is 88.7 cm³/mol. The zero-order valence-corrected chi connectivity index (χ0v) is 14.5. The van der Waals surface area contributed by atoms with Gasteiger partial charge in [-0.05, 0) is 64.2 Å². The van der Waals surface area contributed by atoms with Gasteiger partial charge in [0.15, 0.2) is 0 Å². The maximum absolute atomic E-state index is 11.4. The summed E-state index contributed by atoms with van der Waals surface area (Å²) in [6.45, 7) is 11.7. The first-order valence-corrected chi connectivity index (χ1v) is 7.90. The minimum absolute atomic E-state index is 0.161. The molecule has 0 amide bonds. The summed E-state index contributed by atoms with van der Waals surface area (Å²) in [4.78, 5) is 11.4. The summed E-state index contributed by atoms with van der Waals surface area (Å²) in [6, 6.07) is 0. The van der Waals surface area contributed by atoms with Crippen molar-refractivity contribution in [1.29, 1.82) is 0 Å². The number of hydrogen-bond donors (Lipinski definition) is 0. The lowest BCUT2D eigenvalue weighted by Crippen LogP contribution is -2.36. The van der Waals surface area contributed by atoms with Crippen LogP contribution in [0.5, 0.6) is 11.5 Å². The molecule has 0 N–H and O–H groups in total. The Morgan fingerprint density at radius 2 is 1.95 bits per heavy atom. The summed E-state index contributed by atoms with van der Waals surface area (Å²) in [7, 11) is 0. The van der Waals surface area contributed by atoms with Crippen LogP contribution in [0.25, 0.3) is 0 Å². The highest BCUT2D eigenvalue weighted by atomic mass is 16.5. The van der Waals surface area contributed by atoms with Gasteiger partial charge in [-0.15, -0.1) is 0 Å². The lowest BCUT2D eigenvalue weighted by Gasteiger charge is -2.37. The first-order valence-electron chi connectivity index (χ1n) is 7.90. The number of allylic oxidation sites excluding steroid dienone is 1. The number of carbonyl (C=O) groups excluding carboxylic acids is 1. The predicted octanol–water partition coefficient (Wildman–Crippen LogP) is 4.59. The van der Waals surface area contributed by atoms with E-state index in [-0.39, 0.29) is 11.6 Å². The smallest absolute Gasteiger partial charge is 0.308 e. The van der Waals surface area contributed by atoms with Crippen LogP contribution >= 0.6 is 0 Å². The van der Waals surface area contributed by atoms with Gasteiger partial charge >= 0.3 is 5.97 Å². The number of benzene rings is 1. The van der Waals surface area contributed by atoms with E-state index in [2.05, 4.69) is 19.1 Å². The second-order valence-electron chi connectivity index (χ2n) is 6.43. The Bertz CT molecular complexity index is 628. The Hall–Kier alpha value is -1.77. The molecule has 0 fully saturated rings. The number of rotatable bonds is 3. The highest BCUT2D eigenvalue weighted by Gasteiger charge is 2.34. The van der Waals surface area contributed by atoms with Gasteiger partial charge in [-0.3, -0.25) is 4.79 Å². The molecule has 0 bridgehead atoms. The van der Waals surface area contributed by atoms with Gasteiger partial charge in [0, 0.05) is 18.9 Å². The molecule has 1 aliphatic rings. The van der Waals surface area contributed by atoms with E-state index in [4.69, 9.17) is 9.47 Å². The molecule has 3 heteroatoms. The molecule has 0 radical (unpaired) electrons. The Morgan fingerprint density at radius 1 is 1.27 bits per heavy atom. The van der Waals surface area contributed by atoms with E-state index in [1.54, 1.807) is 0 Å². The minimum atomic E-state index is -0.278. The average Bonchev–Trinajstić information content (AvgIpc) is 2.47. The summed E-state index contributed by atoms with van der Waals surface area (Å²) >= 11 is 0. The van der Waals surface area contributed by atoms with Gasteiger partial charge < -0.3 is 9.47 Å². The van der Waals surface area contributed by atoms with Crippen molar-refractivity contribution in [1.82, 2.24) is 0 Å². The van der Waals surface area contributed by atoms with Crippen LogP contribution in [0.2, 0.25) is 0 Å². The van der Waals surface area contributed by atoms with Crippen LogP contribution in [0.3, 0.4) is 0 Å². The van der Waals surface area contributed by atoms with Crippen molar-refractivity contribution in [2.24, 2.45) is 0 Å². The van der Waals surface area contributed by atoms with E-state index >= 15 is 0 Å². The highest BCUT2D eigenvalue weighted by molar-refractivity contribution is 5.72. The zero-order chi connectivity index (χ0) is 16.5. The second-order valence-corrected chi connectivity index (χ2v) is 6.43. The summed E-state index contributed by atoms with van der Waals surface area (Å²) in [6.07, 6.45) is 7.05. The molecule has 1 aromatic rings. The number of ether oxygens (including phenoxy) is 2. The number of hydrogen-bond acceptors (Lipinski definition) is 3. The van der Waals surface area contributed by atoms with Crippen LogP contribution in [0.15, 0.2) is 12.2 Å². The first kappa shape index (κ1) is 16.6. The quantitative estimate of drug-likeness (QED) is 0.465.